The molecule has 0 radical (unpaired) electrons. The molecule has 0 aliphatic carbocycles. The van der Waals surface area contributed by atoms with Crippen molar-refractivity contribution in [1.29, 1.82) is 0 Å². The van der Waals surface area contributed by atoms with Crippen molar-refractivity contribution in [2.75, 3.05) is 23.1 Å². The summed E-state index contributed by atoms with van der Waals surface area (Å²) in [6.45, 7) is 0.00282. The average molecular weight is 499 g/mol. The lowest BCUT2D eigenvalue weighted by atomic mass is 10.3. The molecule has 0 spiro atoms. The average Bonchev–Trinajstić information content (AvgIpc) is 3.28. The number of amides is 1. The van der Waals surface area contributed by atoms with Gasteiger partial charge in [-0.15, -0.1) is 0 Å². The molecule has 0 aliphatic heterocycles. The number of anilines is 1. The number of halogens is 2. The van der Waals surface area contributed by atoms with E-state index >= 15 is 0 Å². The number of carbonyl (C=O) groups is 1. The van der Waals surface area contributed by atoms with E-state index in [1.807, 2.05) is 12.1 Å². The highest BCUT2D eigenvalue weighted by Crippen LogP contribution is 2.30. The zero-order valence-corrected chi connectivity index (χ0v) is 19.5. The van der Waals surface area contributed by atoms with E-state index in [2.05, 4.69) is 5.32 Å². The highest BCUT2D eigenvalue weighted by Gasteiger charge is 2.27. The molecule has 1 aromatic heterocycles. The summed E-state index contributed by atoms with van der Waals surface area (Å²) in [5.41, 5.74) is 0.251. The van der Waals surface area contributed by atoms with Crippen LogP contribution in [-0.4, -0.2) is 33.2 Å². The maximum atomic E-state index is 13.2. The van der Waals surface area contributed by atoms with Gasteiger partial charge in [-0.25, -0.2) is 8.42 Å². The van der Waals surface area contributed by atoms with Crippen LogP contribution in [0.4, 0.5) is 5.69 Å². The summed E-state index contributed by atoms with van der Waals surface area (Å²) in [4.78, 5) is 12.6. The van der Waals surface area contributed by atoms with Crippen LogP contribution >= 0.6 is 35.0 Å². The number of rotatable bonds is 10. The van der Waals surface area contributed by atoms with Crippen LogP contribution in [0.5, 0.6) is 0 Å². The minimum atomic E-state index is -3.99. The molecule has 1 amide bonds. The number of thioether (sulfide) groups is 1. The zero-order valence-electron chi connectivity index (χ0n) is 16.3. The number of sulfonamides is 1. The summed E-state index contributed by atoms with van der Waals surface area (Å²) in [6.07, 6.45) is 1.61. The quantitative estimate of drug-likeness (QED) is 0.404. The minimum absolute atomic E-state index is 0.0721. The first-order valence-electron chi connectivity index (χ1n) is 9.27. The van der Waals surface area contributed by atoms with E-state index in [4.69, 9.17) is 27.6 Å². The molecular weight excluding hydrogens is 479 g/mol. The lowest BCUT2D eigenvalue weighted by Crippen LogP contribution is -2.41. The lowest BCUT2D eigenvalue weighted by Gasteiger charge is -2.24. The van der Waals surface area contributed by atoms with Crippen molar-refractivity contribution in [1.82, 2.24) is 5.32 Å². The molecule has 3 aromatic rings. The largest absolute Gasteiger partial charge is 0.468 e. The van der Waals surface area contributed by atoms with E-state index in [1.165, 1.54) is 30.3 Å². The van der Waals surface area contributed by atoms with Crippen LogP contribution in [0.25, 0.3) is 0 Å². The molecule has 10 heteroatoms. The molecule has 1 heterocycles. The van der Waals surface area contributed by atoms with Crippen molar-refractivity contribution in [2.45, 2.75) is 10.6 Å². The van der Waals surface area contributed by atoms with Crippen molar-refractivity contribution in [3.63, 3.8) is 0 Å². The van der Waals surface area contributed by atoms with Gasteiger partial charge in [-0.1, -0.05) is 41.4 Å². The Morgan fingerprint density at radius 1 is 1.03 bits per heavy atom. The Hall–Kier alpha value is -2.13. The Morgan fingerprint density at radius 2 is 1.81 bits per heavy atom. The van der Waals surface area contributed by atoms with Gasteiger partial charge in [0.05, 0.1) is 32.6 Å². The first kappa shape index (κ1) is 23.5. The Kier molecular flexibility index (Phi) is 8.31. The molecule has 6 nitrogen and oxygen atoms in total. The molecule has 0 aliphatic rings. The molecule has 2 aromatic carbocycles. The van der Waals surface area contributed by atoms with Crippen LogP contribution in [0.1, 0.15) is 5.76 Å². The van der Waals surface area contributed by atoms with Gasteiger partial charge in [0.2, 0.25) is 5.91 Å². The number of nitrogens with zero attached hydrogens (tertiary/aromatic N) is 1. The van der Waals surface area contributed by atoms with E-state index < -0.39 is 22.5 Å². The molecule has 0 unspecified atom stereocenters. The molecular formula is C21H20Cl2N2O4S2. The van der Waals surface area contributed by atoms with Gasteiger partial charge in [0.25, 0.3) is 10.0 Å². The number of hydrogen-bond acceptors (Lipinski definition) is 5. The van der Waals surface area contributed by atoms with Crippen molar-refractivity contribution < 1.29 is 17.6 Å². The molecule has 1 N–H and O–H groups in total. The highest BCUT2D eigenvalue weighted by atomic mass is 35.5. The van der Waals surface area contributed by atoms with Crippen molar-refractivity contribution >= 4 is 56.6 Å². The smallest absolute Gasteiger partial charge is 0.264 e. The Labute approximate surface area is 195 Å². The summed E-state index contributed by atoms with van der Waals surface area (Å²) in [5, 5.41) is 3.25. The Balaban J connectivity index is 1.69. The summed E-state index contributed by atoms with van der Waals surface area (Å²) < 4.78 is 32.7. The van der Waals surface area contributed by atoms with Crippen LogP contribution in [0.15, 0.2) is 76.2 Å². The molecule has 0 saturated heterocycles. The first-order valence-corrected chi connectivity index (χ1v) is 12.6. The number of carbonyl (C=O) groups excluding carboxylic acids is 1. The Bertz CT molecular complexity index is 1110. The fraction of sp³-hybridized carbons (Fsp3) is 0.190. The second-order valence-electron chi connectivity index (χ2n) is 6.41. The highest BCUT2D eigenvalue weighted by molar-refractivity contribution is 7.98. The second-order valence-corrected chi connectivity index (χ2v) is 10.2. The minimum Gasteiger partial charge on any atom is -0.468 e. The van der Waals surface area contributed by atoms with Gasteiger partial charge >= 0.3 is 0 Å². The predicted octanol–water partition coefficient (Wildman–Crippen LogP) is 4.83. The van der Waals surface area contributed by atoms with Crippen LogP contribution in [0.2, 0.25) is 10.0 Å². The van der Waals surface area contributed by atoms with Gasteiger partial charge in [0.1, 0.15) is 12.3 Å². The van der Waals surface area contributed by atoms with E-state index in [0.717, 1.165) is 10.1 Å². The number of benzene rings is 2. The Morgan fingerprint density at radius 3 is 2.48 bits per heavy atom. The number of furan rings is 1. The van der Waals surface area contributed by atoms with E-state index in [9.17, 15) is 13.2 Å². The third kappa shape index (κ3) is 6.43. The van der Waals surface area contributed by atoms with Crippen LogP contribution in [-0.2, 0) is 20.6 Å². The number of hydrogen-bond donors (Lipinski definition) is 1. The molecule has 3 rings (SSSR count). The topological polar surface area (TPSA) is 79.6 Å². The maximum Gasteiger partial charge on any atom is 0.264 e. The lowest BCUT2D eigenvalue weighted by molar-refractivity contribution is -0.119. The van der Waals surface area contributed by atoms with Crippen LogP contribution in [0.3, 0.4) is 0 Å². The number of nitrogens with one attached hydrogen (secondary N) is 1. The van der Waals surface area contributed by atoms with E-state index in [0.29, 0.717) is 23.1 Å². The maximum absolute atomic E-state index is 13.2. The summed E-state index contributed by atoms with van der Waals surface area (Å²) >= 11 is 13.7. The molecule has 0 bridgehead atoms. The normalized spacial score (nSPS) is 11.3. The van der Waals surface area contributed by atoms with Crippen molar-refractivity contribution in [3.05, 3.63) is 82.7 Å². The van der Waals surface area contributed by atoms with Crippen LogP contribution < -0.4 is 9.62 Å². The van der Waals surface area contributed by atoms with Gasteiger partial charge in [0.15, 0.2) is 0 Å². The zero-order chi connectivity index (χ0) is 22.3. The summed E-state index contributed by atoms with van der Waals surface area (Å²) in [5.74, 6) is 1.78. The van der Waals surface area contributed by atoms with Crippen LogP contribution in [0, 0.1) is 0 Å². The standard InChI is InChI=1S/C21H20Cl2N2O4S2/c22-19-9-8-16(13-20(19)23)25(31(27,28)18-6-2-1-3-7-18)14-21(26)24-10-12-30-15-17-5-4-11-29-17/h1-9,11,13H,10,12,14-15H2,(H,24,26). The fourth-order valence-corrected chi connectivity index (χ4v) is 5.17. The summed E-state index contributed by atoms with van der Waals surface area (Å²) in [7, 11) is -3.99. The molecule has 164 valence electrons. The van der Waals surface area contributed by atoms with E-state index in [1.54, 1.807) is 36.2 Å². The SMILES string of the molecule is O=C(CN(c1ccc(Cl)c(Cl)c1)S(=O)(=O)c1ccccc1)NCCSCc1ccco1. The van der Waals surface area contributed by atoms with Gasteiger partial charge in [-0.3, -0.25) is 9.10 Å². The fourth-order valence-electron chi connectivity index (χ4n) is 2.69. The monoisotopic (exact) mass is 498 g/mol. The van der Waals surface area contributed by atoms with Crippen molar-refractivity contribution in [3.8, 4) is 0 Å². The third-order valence-electron chi connectivity index (χ3n) is 4.20. The predicted molar refractivity (Wildman–Crippen MR) is 125 cm³/mol. The van der Waals surface area contributed by atoms with Gasteiger partial charge in [0, 0.05) is 12.3 Å². The first-order chi connectivity index (χ1) is 14.9. The summed E-state index contributed by atoms with van der Waals surface area (Å²) in [6, 6.07) is 16.1. The molecule has 0 atom stereocenters. The molecule has 0 fully saturated rings. The van der Waals surface area contributed by atoms with Crippen molar-refractivity contribution in [2.24, 2.45) is 0 Å². The van der Waals surface area contributed by atoms with Gasteiger partial charge in [-0.2, -0.15) is 11.8 Å². The van der Waals surface area contributed by atoms with Gasteiger partial charge in [-0.05, 0) is 42.5 Å². The molecule has 31 heavy (non-hydrogen) atoms. The van der Waals surface area contributed by atoms with Gasteiger partial charge < -0.3 is 9.73 Å². The second kappa shape index (κ2) is 10.9. The third-order valence-corrected chi connectivity index (χ3v) is 7.71. The van der Waals surface area contributed by atoms with E-state index in [-0.39, 0.29) is 15.6 Å². The molecule has 0 saturated carbocycles.